The Morgan fingerprint density at radius 3 is 2.44 bits per heavy atom. The Bertz CT molecular complexity index is 1140. The molecule has 4 atom stereocenters. The molecule has 2 aromatic rings. The van der Waals surface area contributed by atoms with Gasteiger partial charge in [0, 0.05) is 11.6 Å². The molecular weight excluding hydrogens is 450 g/mol. The molecule has 4 rings (SSSR count). The molecule has 2 aliphatic rings. The van der Waals surface area contributed by atoms with E-state index >= 15 is 4.39 Å². The fourth-order valence-electron chi connectivity index (χ4n) is 6.03. The summed E-state index contributed by atoms with van der Waals surface area (Å²) in [6.45, 7) is 4.39. The van der Waals surface area contributed by atoms with Gasteiger partial charge in [-0.1, -0.05) is 48.6 Å². The maximum absolute atomic E-state index is 15.1. The lowest BCUT2D eigenvalue weighted by atomic mass is 9.63. The van der Waals surface area contributed by atoms with Crippen LogP contribution in [0.15, 0.2) is 60.7 Å². The average Bonchev–Trinajstić information content (AvgIpc) is 2.88. The highest BCUT2D eigenvalue weighted by molar-refractivity contribution is 5.46. The number of rotatable bonds is 7. The number of allylic oxidation sites excluding steroid dienone is 3. The third kappa shape index (κ3) is 6.88. The third-order valence-corrected chi connectivity index (χ3v) is 8.00. The molecule has 0 bridgehead atoms. The Labute approximate surface area is 215 Å². The minimum atomic E-state index is -0.439. The molecule has 0 aliphatic heterocycles. The largest absolute Gasteiger partial charge is 0.489 e. The molecule has 36 heavy (non-hydrogen) atoms. The number of ether oxygens (including phenoxy) is 1. The van der Waals surface area contributed by atoms with Gasteiger partial charge in [0.1, 0.15) is 24.0 Å². The molecule has 2 fully saturated rings. The Morgan fingerprint density at radius 1 is 0.861 bits per heavy atom. The standard InChI is InChI=1S/C33H38F2O/c1-3-5-7-8-24-10-13-28-22-29(15-14-27(28)20-24)31-18-11-25(21-33(31)35)9-12-26-16-17-30(23-32(26)34)36-19-6-4-2/h3-6,11,16-18,21,23-24,27-29H,7-8,10,13-15,19-20,22H2,1-2H3/b5-3+,6-4+. The SMILES string of the molecule is C/C=C/CCC1CCC2CC(c3ccc(C#Cc4ccc(OC/C=C/C)cc4F)cc3F)CCC2C1. The van der Waals surface area contributed by atoms with Crippen LogP contribution in [-0.2, 0) is 0 Å². The van der Waals surface area contributed by atoms with Gasteiger partial charge in [-0.05, 0) is 112 Å². The van der Waals surface area contributed by atoms with Crippen molar-refractivity contribution in [2.45, 2.75) is 71.1 Å². The lowest BCUT2D eigenvalue weighted by molar-refractivity contribution is 0.114. The number of halogens is 2. The van der Waals surface area contributed by atoms with Crippen LogP contribution in [0.1, 0.15) is 87.8 Å². The van der Waals surface area contributed by atoms with Crippen LogP contribution in [0, 0.1) is 41.2 Å². The van der Waals surface area contributed by atoms with Crippen molar-refractivity contribution in [1.82, 2.24) is 0 Å². The molecule has 3 heteroatoms. The van der Waals surface area contributed by atoms with E-state index in [1.165, 1.54) is 50.7 Å². The van der Waals surface area contributed by atoms with Gasteiger partial charge in [-0.2, -0.15) is 0 Å². The molecule has 0 saturated heterocycles. The van der Waals surface area contributed by atoms with E-state index in [-0.39, 0.29) is 11.4 Å². The Kier molecular flexibility index (Phi) is 9.40. The normalized spacial score (nSPS) is 23.9. The Hall–Kier alpha value is -2.86. The van der Waals surface area contributed by atoms with E-state index in [0.29, 0.717) is 23.8 Å². The molecule has 4 unspecified atom stereocenters. The predicted octanol–water partition coefficient (Wildman–Crippen LogP) is 8.98. The van der Waals surface area contributed by atoms with Crippen LogP contribution in [0.3, 0.4) is 0 Å². The van der Waals surface area contributed by atoms with Crippen LogP contribution < -0.4 is 4.74 Å². The molecule has 2 aromatic carbocycles. The first-order chi connectivity index (χ1) is 17.6. The molecule has 190 valence electrons. The zero-order valence-corrected chi connectivity index (χ0v) is 21.6. The van der Waals surface area contributed by atoms with Gasteiger partial charge in [-0.3, -0.25) is 0 Å². The first-order valence-corrected chi connectivity index (χ1v) is 13.5. The quantitative estimate of drug-likeness (QED) is 0.279. The van der Waals surface area contributed by atoms with E-state index in [1.807, 2.05) is 31.2 Å². The van der Waals surface area contributed by atoms with E-state index in [2.05, 4.69) is 30.9 Å². The van der Waals surface area contributed by atoms with Crippen LogP contribution in [0.4, 0.5) is 8.78 Å². The summed E-state index contributed by atoms with van der Waals surface area (Å²) in [4.78, 5) is 0. The van der Waals surface area contributed by atoms with E-state index in [4.69, 9.17) is 4.74 Å². The first-order valence-electron chi connectivity index (χ1n) is 13.5. The van der Waals surface area contributed by atoms with Crippen LogP contribution >= 0.6 is 0 Å². The van der Waals surface area contributed by atoms with Gasteiger partial charge >= 0.3 is 0 Å². The van der Waals surface area contributed by atoms with E-state index in [9.17, 15) is 4.39 Å². The van der Waals surface area contributed by atoms with Crippen molar-refractivity contribution < 1.29 is 13.5 Å². The minimum Gasteiger partial charge on any atom is -0.489 e. The summed E-state index contributed by atoms with van der Waals surface area (Å²) >= 11 is 0. The van der Waals surface area contributed by atoms with E-state index in [1.54, 1.807) is 12.1 Å². The monoisotopic (exact) mass is 488 g/mol. The predicted molar refractivity (Wildman–Crippen MR) is 144 cm³/mol. The molecule has 0 N–H and O–H groups in total. The number of hydrogen-bond acceptors (Lipinski definition) is 1. The van der Waals surface area contributed by atoms with Crippen molar-refractivity contribution in [3.8, 4) is 17.6 Å². The smallest absolute Gasteiger partial charge is 0.142 e. The first kappa shape index (κ1) is 26.2. The van der Waals surface area contributed by atoms with Gasteiger partial charge < -0.3 is 4.74 Å². The molecule has 2 aliphatic carbocycles. The summed E-state index contributed by atoms with van der Waals surface area (Å²) in [5.74, 6) is 8.31. The van der Waals surface area contributed by atoms with Crippen LogP contribution in [-0.4, -0.2) is 6.61 Å². The second-order valence-electron chi connectivity index (χ2n) is 10.4. The second kappa shape index (κ2) is 12.9. The maximum Gasteiger partial charge on any atom is 0.142 e. The van der Waals surface area contributed by atoms with Gasteiger partial charge in [-0.15, -0.1) is 0 Å². The number of hydrogen-bond donors (Lipinski definition) is 0. The topological polar surface area (TPSA) is 9.23 Å². The highest BCUT2D eigenvalue weighted by atomic mass is 19.1. The highest BCUT2D eigenvalue weighted by Gasteiger charge is 2.36. The lowest BCUT2D eigenvalue weighted by Crippen LogP contribution is -2.30. The summed E-state index contributed by atoms with van der Waals surface area (Å²) in [5, 5.41) is 0. The van der Waals surface area contributed by atoms with Crippen molar-refractivity contribution in [3.63, 3.8) is 0 Å². The maximum atomic E-state index is 15.1. The number of benzene rings is 2. The number of fused-ring (bicyclic) bond motifs is 1. The van der Waals surface area contributed by atoms with Gasteiger partial charge in [-0.25, -0.2) is 8.78 Å². The summed E-state index contributed by atoms with van der Waals surface area (Å²) in [6, 6.07) is 9.93. The molecule has 1 nitrogen and oxygen atoms in total. The average molecular weight is 489 g/mol. The lowest BCUT2D eigenvalue weighted by Gasteiger charge is -2.42. The van der Waals surface area contributed by atoms with Crippen molar-refractivity contribution in [3.05, 3.63) is 89.0 Å². The zero-order chi connectivity index (χ0) is 25.3. The van der Waals surface area contributed by atoms with Gasteiger partial charge in [0.2, 0.25) is 0 Å². The van der Waals surface area contributed by atoms with Crippen molar-refractivity contribution >= 4 is 0 Å². The Morgan fingerprint density at radius 2 is 1.67 bits per heavy atom. The van der Waals surface area contributed by atoms with E-state index < -0.39 is 5.82 Å². The molecule has 0 spiro atoms. The van der Waals surface area contributed by atoms with Crippen molar-refractivity contribution in [2.75, 3.05) is 6.61 Å². The van der Waals surface area contributed by atoms with Crippen LogP contribution in [0.25, 0.3) is 0 Å². The van der Waals surface area contributed by atoms with Gasteiger partial charge in [0.15, 0.2) is 0 Å². The van der Waals surface area contributed by atoms with Crippen molar-refractivity contribution in [1.29, 1.82) is 0 Å². The fourth-order valence-corrected chi connectivity index (χ4v) is 6.03. The van der Waals surface area contributed by atoms with Crippen molar-refractivity contribution in [2.24, 2.45) is 17.8 Å². The third-order valence-electron chi connectivity index (χ3n) is 8.00. The van der Waals surface area contributed by atoms with Gasteiger partial charge in [0.05, 0.1) is 5.56 Å². The summed E-state index contributed by atoms with van der Waals surface area (Å²) in [5.41, 5.74) is 1.67. The molecule has 0 aromatic heterocycles. The molecule has 0 amide bonds. The van der Waals surface area contributed by atoms with Crippen LogP contribution in [0.5, 0.6) is 5.75 Å². The Balaban J connectivity index is 1.36. The second-order valence-corrected chi connectivity index (χ2v) is 10.4. The fraction of sp³-hybridized carbons (Fsp3) is 0.455. The van der Waals surface area contributed by atoms with E-state index in [0.717, 1.165) is 36.2 Å². The highest BCUT2D eigenvalue weighted by Crippen LogP contribution is 2.48. The molecule has 2 saturated carbocycles. The summed E-state index contributed by atoms with van der Waals surface area (Å²) in [7, 11) is 0. The van der Waals surface area contributed by atoms with Crippen LogP contribution in [0.2, 0.25) is 0 Å². The zero-order valence-electron chi connectivity index (χ0n) is 21.6. The summed E-state index contributed by atoms with van der Waals surface area (Å²) < 4.78 is 35.0. The minimum absolute atomic E-state index is 0.182. The molecule has 0 heterocycles. The molecule has 0 radical (unpaired) electrons. The summed E-state index contributed by atoms with van der Waals surface area (Å²) in [6.07, 6.45) is 18.0. The van der Waals surface area contributed by atoms with Gasteiger partial charge in [0.25, 0.3) is 0 Å². The molecular formula is C33H38F2O.